The fourth-order valence-corrected chi connectivity index (χ4v) is 2.31. The summed E-state index contributed by atoms with van der Waals surface area (Å²) < 4.78 is 2.18. The maximum Gasteiger partial charge on any atom is 0.393 e. The molecule has 2 aromatic rings. The molecular weight excluding hydrogens is 233 g/mol. The molecule has 0 bridgehead atoms. The average molecular weight is 248 g/mol. The highest BCUT2D eigenvalue weighted by Crippen LogP contribution is 2.09. The second-order valence-electron chi connectivity index (χ2n) is 4.50. The molecule has 2 aromatic heterocycles. The minimum atomic E-state index is 0.207. The number of rotatable bonds is 2. The van der Waals surface area contributed by atoms with Gasteiger partial charge in [0.05, 0.1) is 0 Å². The van der Waals surface area contributed by atoms with Gasteiger partial charge >= 0.3 is 6.85 Å². The van der Waals surface area contributed by atoms with Crippen molar-refractivity contribution in [3.05, 3.63) is 66.9 Å². The number of aromatic nitrogens is 2. The summed E-state index contributed by atoms with van der Waals surface area (Å²) in [6.45, 7) is 0.207. The molecule has 0 aliphatic carbocycles. The topological polar surface area (TPSA) is 28.8 Å². The Morgan fingerprint density at radius 1 is 1.11 bits per heavy atom. The molecule has 3 heterocycles. The van der Waals surface area contributed by atoms with E-state index < -0.39 is 0 Å². The van der Waals surface area contributed by atoms with E-state index in [1.807, 2.05) is 36.7 Å². The second kappa shape index (κ2) is 5.10. The monoisotopic (exact) mass is 248 g/mol. The van der Waals surface area contributed by atoms with Gasteiger partial charge in [-0.1, -0.05) is 24.2 Å². The van der Waals surface area contributed by atoms with E-state index in [-0.39, 0.29) is 6.85 Å². The van der Waals surface area contributed by atoms with Gasteiger partial charge in [0.25, 0.3) is 0 Å². The molecule has 0 radical (unpaired) electrons. The van der Waals surface area contributed by atoms with Crippen molar-refractivity contribution < 1.29 is 4.57 Å². The Hall–Kier alpha value is -2.36. The number of hydrogen-bond donors (Lipinski definition) is 1. The Labute approximate surface area is 113 Å². The molecule has 1 aliphatic heterocycles. The van der Waals surface area contributed by atoms with E-state index in [9.17, 15) is 0 Å². The predicted molar refractivity (Wildman–Crippen MR) is 77.7 cm³/mol. The van der Waals surface area contributed by atoms with Crippen LogP contribution < -0.4 is 15.4 Å². The van der Waals surface area contributed by atoms with Crippen molar-refractivity contribution in [2.75, 3.05) is 0 Å². The molecule has 19 heavy (non-hydrogen) atoms. The van der Waals surface area contributed by atoms with Crippen LogP contribution >= 0.6 is 0 Å². The summed E-state index contributed by atoms with van der Waals surface area (Å²) in [6.07, 6.45) is 7.86. The average Bonchev–Trinajstić information content (AvgIpc) is 2.49. The molecule has 0 saturated carbocycles. The van der Waals surface area contributed by atoms with E-state index >= 15 is 0 Å². The fraction of sp³-hybridized carbons (Fsp3) is 0.0667. The Morgan fingerprint density at radius 3 is 2.79 bits per heavy atom. The van der Waals surface area contributed by atoms with Crippen molar-refractivity contribution in [3.8, 4) is 11.4 Å². The molecule has 3 nitrogen and oxygen atoms in total. The maximum atomic E-state index is 4.42. The zero-order chi connectivity index (χ0) is 13.1. The lowest BCUT2D eigenvalue weighted by Gasteiger charge is -2.11. The maximum absolute atomic E-state index is 4.42. The van der Waals surface area contributed by atoms with Crippen LogP contribution in [0.15, 0.2) is 66.9 Å². The predicted octanol–water partition coefficient (Wildman–Crippen LogP) is 0.984. The number of hydrogen-bond acceptors (Lipinski definition) is 2. The van der Waals surface area contributed by atoms with E-state index in [4.69, 9.17) is 0 Å². The van der Waals surface area contributed by atoms with Gasteiger partial charge in [-0.3, -0.25) is 0 Å². The van der Waals surface area contributed by atoms with Gasteiger partial charge in [-0.15, -0.1) is 0 Å². The van der Waals surface area contributed by atoms with Crippen molar-refractivity contribution in [1.29, 1.82) is 0 Å². The van der Waals surface area contributed by atoms with Gasteiger partial charge in [-0.05, 0) is 30.5 Å². The van der Waals surface area contributed by atoms with Gasteiger partial charge in [0.2, 0.25) is 5.69 Å². The summed E-state index contributed by atoms with van der Waals surface area (Å²) in [5, 5.41) is 3.35. The van der Waals surface area contributed by atoms with Gasteiger partial charge in [-0.25, -0.2) is 9.55 Å². The molecule has 3 rings (SSSR count). The molecule has 1 aliphatic rings. The molecule has 0 atom stereocenters. The summed E-state index contributed by atoms with van der Waals surface area (Å²) >= 11 is 0. The lowest BCUT2D eigenvalue weighted by Crippen LogP contribution is -2.59. The van der Waals surface area contributed by atoms with Crippen LogP contribution in [0.25, 0.3) is 11.4 Å². The fourth-order valence-electron chi connectivity index (χ4n) is 2.31. The third kappa shape index (κ3) is 2.29. The minimum absolute atomic E-state index is 0.207. The van der Waals surface area contributed by atoms with Crippen LogP contribution in [0.3, 0.4) is 0 Å². The van der Waals surface area contributed by atoms with Crippen molar-refractivity contribution in [2.45, 2.75) is 0 Å². The van der Waals surface area contributed by atoms with Crippen molar-refractivity contribution in [1.82, 2.24) is 10.2 Å². The largest absolute Gasteiger partial charge is 0.422 e. The normalized spacial score (nSPS) is 13.4. The molecule has 0 aromatic carbocycles. The van der Waals surface area contributed by atoms with E-state index in [1.54, 1.807) is 0 Å². The zero-order valence-electron chi connectivity index (χ0n) is 10.8. The molecule has 0 unspecified atom stereocenters. The number of nitrogens with one attached hydrogen (secondary N) is 1. The van der Waals surface area contributed by atoms with Crippen LogP contribution in [0, 0.1) is 0 Å². The van der Waals surface area contributed by atoms with Crippen LogP contribution in [0.5, 0.6) is 0 Å². The number of nitrogens with zero attached hydrogens (tertiary/aromatic N) is 2. The molecule has 0 saturated heterocycles. The van der Waals surface area contributed by atoms with Crippen LogP contribution in [0.1, 0.15) is 0 Å². The Bertz CT molecular complexity index is 635. The highest BCUT2D eigenvalue weighted by molar-refractivity contribution is 6.74. The summed E-state index contributed by atoms with van der Waals surface area (Å²) in [6, 6.07) is 12.3. The summed E-state index contributed by atoms with van der Waals surface area (Å²) in [7, 11) is 2.08. The van der Waals surface area contributed by atoms with E-state index in [0.717, 1.165) is 11.4 Å². The first-order valence-electron chi connectivity index (χ1n) is 6.36. The Balaban J connectivity index is 2.04. The smallest absolute Gasteiger partial charge is 0.393 e. The summed E-state index contributed by atoms with van der Waals surface area (Å²) in [5.74, 6) is 2.15. The van der Waals surface area contributed by atoms with Crippen LogP contribution in [0.4, 0.5) is 0 Å². The summed E-state index contributed by atoms with van der Waals surface area (Å²) in [5.41, 5.74) is 3.31. The summed E-state index contributed by atoms with van der Waals surface area (Å²) in [4.78, 5) is 4.42. The van der Waals surface area contributed by atoms with Crippen LogP contribution in [-0.4, -0.2) is 11.8 Å². The standard InChI is InChI=1S/C15H15BN3/c1-19-14(13-7-2-4-11-17-13)8-6-9-15(19)16-10-3-5-12-18-16/h2-12,18H,1H3/q+1. The van der Waals surface area contributed by atoms with Gasteiger partial charge in [0.1, 0.15) is 12.7 Å². The third-order valence-electron chi connectivity index (χ3n) is 3.30. The Morgan fingerprint density at radius 2 is 2.05 bits per heavy atom. The van der Waals surface area contributed by atoms with Gasteiger partial charge in [-0.2, -0.15) is 0 Å². The van der Waals surface area contributed by atoms with Crippen LogP contribution in [-0.2, 0) is 7.05 Å². The molecule has 0 fully saturated rings. The van der Waals surface area contributed by atoms with E-state index in [1.165, 1.54) is 5.59 Å². The lowest BCUT2D eigenvalue weighted by atomic mass is 9.57. The van der Waals surface area contributed by atoms with Crippen LogP contribution in [0.2, 0.25) is 0 Å². The molecule has 1 N–H and O–H groups in total. The first-order chi connectivity index (χ1) is 9.36. The number of allylic oxidation sites excluding steroid dienone is 2. The Kier molecular flexibility index (Phi) is 3.15. The lowest BCUT2D eigenvalue weighted by molar-refractivity contribution is -0.643. The highest BCUT2D eigenvalue weighted by atomic mass is 15.0. The molecule has 92 valence electrons. The SMILES string of the molecule is C[n+]1c(B2C=CC=CN2)cccc1-c1ccccn1. The molecular formula is C15H15BN3+. The quantitative estimate of drug-likeness (QED) is 0.634. The van der Waals surface area contributed by atoms with Gasteiger partial charge < -0.3 is 5.23 Å². The van der Waals surface area contributed by atoms with Gasteiger partial charge in [0.15, 0.2) is 5.59 Å². The first-order valence-corrected chi connectivity index (χ1v) is 6.36. The molecule has 4 heteroatoms. The van der Waals surface area contributed by atoms with E-state index in [2.05, 4.69) is 52.1 Å². The number of pyridine rings is 2. The third-order valence-corrected chi connectivity index (χ3v) is 3.30. The minimum Gasteiger partial charge on any atom is -0.422 e. The zero-order valence-corrected chi connectivity index (χ0v) is 10.8. The van der Waals surface area contributed by atoms with Crippen molar-refractivity contribution in [2.24, 2.45) is 7.05 Å². The molecule has 0 spiro atoms. The van der Waals surface area contributed by atoms with Crippen molar-refractivity contribution >= 4 is 12.4 Å². The first kappa shape index (κ1) is 11.7. The van der Waals surface area contributed by atoms with E-state index in [0.29, 0.717) is 0 Å². The molecule has 0 amide bonds. The van der Waals surface area contributed by atoms with Crippen molar-refractivity contribution in [3.63, 3.8) is 0 Å². The van der Waals surface area contributed by atoms with Gasteiger partial charge in [0, 0.05) is 12.3 Å². The highest BCUT2D eigenvalue weighted by Gasteiger charge is 2.25. The second-order valence-corrected chi connectivity index (χ2v) is 4.50.